The molecule has 0 bridgehead atoms. The molecular weight excluding hydrogens is 516 g/mol. The number of amides is 1. The highest BCUT2D eigenvalue weighted by atomic mass is 16.5. The van der Waals surface area contributed by atoms with E-state index in [4.69, 9.17) is 9.47 Å². The molecule has 1 aliphatic heterocycles. The number of aromatic nitrogens is 4. The number of nitrogens with zero attached hydrogens (tertiary/aromatic N) is 4. The molecule has 0 spiro atoms. The number of carbonyl (C=O) groups is 1. The molecule has 0 fully saturated rings. The molecule has 5 rings (SSSR count). The fraction of sp³-hybridized carbons (Fsp3) is 0.312. The first kappa shape index (κ1) is 27.9. The number of anilines is 2. The van der Waals surface area contributed by atoms with Gasteiger partial charge in [0.25, 0.3) is 5.91 Å². The van der Waals surface area contributed by atoms with E-state index in [9.17, 15) is 4.79 Å². The monoisotopic (exact) mass is 552 g/mol. The number of benzene rings is 3. The highest BCUT2D eigenvalue weighted by Crippen LogP contribution is 2.39. The zero-order valence-electron chi connectivity index (χ0n) is 24.6. The fourth-order valence-corrected chi connectivity index (χ4v) is 5.10. The van der Waals surface area contributed by atoms with Crippen LogP contribution in [0, 0.1) is 34.6 Å². The molecule has 1 aliphatic rings. The molecule has 1 atom stereocenters. The number of rotatable bonds is 8. The summed E-state index contributed by atoms with van der Waals surface area (Å²) in [6.07, 6.45) is 0. The van der Waals surface area contributed by atoms with Crippen molar-refractivity contribution in [3.8, 4) is 11.5 Å². The summed E-state index contributed by atoms with van der Waals surface area (Å²) in [5.74, 6) is 1.44. The number of fused-ring (bicyclic) bond motifs is 1. The van der Waals surface area contributed by atoms with Gasteiger partial charge in [-0.3, -0.25) is 4.79 Å². The van der Waals surface area contributed by atoms with Crippen LogP contribution >= 0.6 is 0 Å². The predicted molar refractivity (Wildman–Crippen MR) is 159 cm³/mol. The zero-order valence-corrected chi connectivity index (χ0v) is 24.6. The van der Waals surface area contributed by atoms with Crippen molar-refractivity contribution in [2.45, 2.75) is 61.1 Å². The zero-order chi connectivity index (χ0) is 29.3. The van der Waals surface area contributed by atoms with Gasteiger partial charge in [-0.05, 0) is 116 Å². The Morgan fingerprint density at radius 1 is 0.927 bits per heavy atom. The van der Waals surface area contributed by atoms with Gasteiger partial charge in [0.15, 0.2) is 11.5 Å². The quantitative estimate of drug-likeness (QED) is 0.271. The van der Waals surface area contributed by atoms with Gasteiger partial charge >= 0.3 is 0 Å². The van der Waals surface area contributed by atoms with Crippen molar-refractivity contribution in [2.75, 3.05) is 17.2 Å². The molecule has 0 saturated heterocycles. The Hall–Kier alpha value is -4.66. The smallest absolute Gasteiger partial charge is 0.255 e. The van der Waals surface area contributed by atoms with E-state index in [1.54, 1.807) is 4.68 Å². The van der Waals surface area contributed by atoms with Crippen molar-refractivity contribution in [1.82, 2.24) is 20.2 Å². The molecule has 3 aromatic carbocycles. The summed E-state index contributed by atoms with van der Waals surface area (Å²) in [5.41, 5.74) is 9.65. The third kappa shape index (κ3) is 5.52. The second-order valence-corrected chi connectivity index (χ2v) is 10.5. The third-order valence-corrected chi connectivity index (χ3v) is 7.73. The summed E-state index contributed by atoms with van der Waals surface area (Å²) < 4.78 is 13.9. The largest absolute Gasteiger partial charge is 0.490 e. The number of aryl methyl sites for hydroxylation is 4. The van der Waals surface area contributed by atoms with Crippen LogP contribution in [0.3, 0.4) is 0 Å². The second kappa shape index (κ2) is 11.4. The van der Waals surface area contributed by atoms with Gasteiger partial charge in [0, 0.05) is 11.4 Å². The average Bonchev–Trinajstić information content (AvgIpc) is 3.40. The summed E-state index contributed by atoms with van der Waals surface area (Å²) in [6, 6.07) is 15.4. The van der Waals surface area contributed by atoms with E-state index in [-0.39, 0.29) is 5.91 Å². The Bertz CT molecular complexity index is 1660. The van der Waals surface area contributed by atoms with Crippen molar-refractivity contribution in [1.29, 1.82) is 0 Å². The molecule has 1 amide bonds. The second-order valence-electron chi connectivity index (χ2n) is 10.5. The van der Waals surface area contributed by atoms with Crippen molar-refractivity contribution in [2.24, 2.45) is 0 Å². The van der Waals surface area contributed by atoms with Crippen LogP contribution in [0.2, 0.25) is 0 Å². The van der Waals surface area contributed by atoms with Crippen LogP contribution in [0.4, 0.5) is 11.6 Å². The topological polar surface area (TPSA) is 103 Å². The summed E-state index contributed by atoms with van der Waals surface area (Å²) in [4.78, 5) is 13.8. The van der Waals surface area contributed by atoms with Gasteiger partial charge in [-0.2, -0.15) is 4.68 Å². The fourth-order valence-electron chi connectivity index (χ4n) is 5.10. The van der Waals surface area contributed by atoms with Crippen LogP contribution in [0.15, 0.2) is 59.8 Å². The standard InChI is InChI=1S/C32H36N6O3/c1-8-40-28-16-24(12-13-27(28)41-17-25-15-20(4)19(3)14-21(25)5)30-29(23(7)33-32-35-36-37-38(30)32)31(39)34-26-11-9-10-18(2)22(26)6/h9-16,30H,8,17H2,1-7H3,(H,34,39)(H,33,35,37). The van der Waals surface area contributed by atoms with E-state index in [0.717, 1.165) is 27.9 Å². The van der Waals surface area contributed by atoms with E-state index < -0.39 is 6.04 Å². The first-order valence-corrected chi connectivity index (χ1v) is 13.8. The van der Waals surface area contributed by atoms with Gasteiger partial charge in [0.1, 0.15) is 12.6 Å². The maximum absolute atomic E-state index is 13.8. The Kier molecular flexibility index (Phi) is 7.79. The van der Waals surface area contributed by atoms with E-state index in [0.29, 0.717) is 41.9 Å². The first-order valence-electron chi connectivity index (χ1n) is 13.8. The lowest BCUT2D eigenvalue weighted by Crippen LogP contribution is -2.31. The Balaban J connectivity index is 1.50. The van der Waals surface area contributed by atoms with E-state index in [1.807, 2.05) is 64.1 Å². The Labute approximate surface area is 240 Å². The molecule has 9 heteroatoms. The number of tetrazole rings is 1. The molecule has 2 heterocycles. The highest BCUT2D eigenvalue weighted by Gasteiger charge is 2.35. The van der Waals surface area contributed by atoms with Crippen LogP contribution in [0.1, 0.15) is 58.8 Å². The van der Waals surface area contributed by atoms with Crippen molar-refractivity contribution < 1.29 is 14.3 Å². The summed E-state index contributed by atoms with van der Waals surface area (Å²) >= 11 is 0. The molecule has 212 valence electrons. The maximum Gasteiger partial charge on any atom is 0.255 e. The highest BCUT2D eigenvalue weighted by molar-refractivity contribution is 6.06. The van der Waals surface area contributed by atoms with Crippen molar-refractivity contribution in [3.63, 3.8) is 0 Å². The number of carbonyl (C=O) groups excluding carboxylic acids is 1. The Morgan fingerprint density at radius 2 is 1.71 bits per heavy atom. The molecule has 0 radical (unpaired) electrons. The minimum absolute atomic E-state index is 0.238. The van der Waals surface area contributed by atoms with Crippen LogP contribution in [-0.2, 0) is 11.4 Å². The van der Waals surface area contributed by atoms with Gasteiger partial charge in [-0.25, -0.2) is 0 Å². The Morgan fingerprint density at radius 3 is 2.49 bits per heavy atom. The third-order valence-electron chi connectivity index (χ3n) is 7.73. The molecular formula is C32H36N6O3. The molecule has 1 unspecified atom stereocenters. The average molecular weight is 553 g/mol. The molecule has 9 nitrogen and oxygen atoms in total. The number of nitrogens with one attached hydrogen (secondary N) is 2. The molecule has 4 aromatic rings. The van der Waals surface area contributed by atoms with Crippen LogP contribution in [0.5, 0.6) is 11.5 Å². The van der Waals surface area contributed by atoms with Crippen LogP contribution < -0.4 is 20.1 Å². The summed E-state index contributed by atoms with van der Waals surface area (Å²) in [7, 11) is 0. The van der Waals surface area contributed by atoms with Gasteiger partial charge in [0.2, 0.25) is 5.95 Å². The number of hydrogen-bond donors (Lipinski definition) is 2. The van der Waals surface area contributed by atoms with Crippen molar-refractivity contribution >= 4 is 17.5 Å². The lowest BCUT2D eigenvalue weighted by Gasteiger charge is -2.28. The van der Waals surface area contributed by atoms with E-state index >= 15 is 0 Å². The van der Waals surface area contributed by atoms with E-state index in [1.165, 1.54) is 16.7 Å². The SMILES string of the molecule is CCOc1cc(C2C(C(=O)Nc3cccc(C)c3C)=C(C)Nc3nnnn32)ccc1OCc1cc(C)c(C)cc1C. The van der Waals surface area contributed by atoms with Gasteiger partial charge in [0.05, 0.1) is 12.2 Å². The van der Waals surface area contributed by atoms with E-state index in [2.05, 4.69) is 59.1 Å². The number of hydrogen-bond acceptors (Lipinski definition) is 7. The summed E-state index contributed by atoms with van der Waals surface area (Å²) in [6.45, 7) is 15.0. The first-order chi connectivity index (χ1) is 19.7. The van der Waals surface area contributed by atoms with Gasteiger partial charge < -0.3 is 20.1 Å². The van der Waals surface area contributed by atoms with Crippen LogP contribution in [0.25, 0.3) is 0 Å². The summed E-state index contributed by atoms with van der Waals surface area (Å²) in [5, 5.41) is 18.5. The molecule has 1 aromatic heterocycles. The minimum atomic E-state index is -0.582. The normalized spacial score (nSPS) is 14.4. The van der Waals surface area contributed by atoms with Gasteiger partial charge in [-0.1, -0.05) is 35.4 Å². The minimum Gasteiger partial charge on any atom is -0.490 e. The molecule has 41 heavy (non-hydrogen) atoms. The molecule has 2 N–H and O–H groups in total. The molecule has 0 aliphatic carbocycles. The molecule has 0 saturated carbocycles. The lowest BCUT2D eigenvalue weighted by molar-refractivity contribution is -0.113. The van der Waals surface area contributed by atoms with Gasteiger partial charge in [-0.15, -0.1) is 0 Å². The van der Waals surface area contributed by atoms with Crippen LogP contribution in [-0.4, -0.2) is 32.7 Å². The number of allylic oxidation sites excluding steroid dienone is 1. The maximum atomic E-state index is 13.8. The number of ether oxygens (including phenoxy) is 2. The van der Waals surface area contributed by atoms with Crippen molar-refractivity contribution in [3.05, 3.63) is 98.7 Å². The lowest BCUT2D eigenvalue weighted by atomic mass is 9.94. The predicted octanol–water partition coefficient (Wildman–Crippen LogP) is 6.12.